The van der Waals surface area contributed by atoms with Crippen LogP contribution in [0.15, 0.2) is 48.5 Å². The number of rotatable bonds is 11. The van der Waals surface area contributed by atoms with E-state index in [0.717, 1.165) is 37.7 Å². The number of methoxy groups -OCH3 is 1. The highest BCUT2D eigenvalue weighted by Crippen LogP contribution is 2.52. The first-order chi connectivity index (χ1) is 19.5. The minimum Gasteiger partial charge on any atom is -0.497 e. The molecule has 0 unspecified atom stereocenters. The second kappa shape index (κ2) is 11.8. The van der Waals surface area contributed by atoms with Gasteiger partial charge in [-0.05, 0) is 102 Å². The van der Waals surface area contributed by atoms with Crippen molar-refractivity contribution in [3.8, 4) is 22.6 Å². The van der Waals surface area contributed by atoms with Gasteiger partial charge in [-0.25, -0.2) is 13.2 Å². The quantitative estimate of drug-likeness (QED) is 0.252. The Balaban J connectivity index is 1.48. The van der Waals surface area contributed by atoms with Crippen LogP contribution in [0.2, 0.25) is 0 Å². The molecule has 218 valence electrons. The van der Waals surface area contributed by atoms with Crippen LogP contribution in [0, 0.1) is 28.8 Å². The van der Waals surface area contributed by atoms with Gasteiger partial charge in [0.25, 0.3) is 0 Å². The van der Waals surface area contributed by atoms with Gasteiger partial charge in [0.1, 0.15) is 35.6 Å². The molecule has 0 aliphatic heterocycles. The molecule has 3 aromatic carbocycles. The molecule has 0 spiro atoms. The van der Waals surface area contributed by atoms with E-state index in [-0.39, 0.29) is 41.6 Å². The van der Waals surface area contributed by atoms with Crippen molar-refractivity contribution >= 4 is 5.97 Å². The zero-order chi connectivity index (χ0) is 29.3. The molecule has 2 fully saturated rings. The van der Waals surface area contributed by atoms with Crippen molar-refractivity contribution in [3.63, 3.8) is 0 Å². The standard InChI is InChI=1S/C34H37F3O4/c1-34(2)10-4-5-30(34)28-14-23(32(37)18-27(28)29-17-25(40-3)8-9-31(29)36)19-41-26-13-22(12-24(35)16-26)21(15-33(38)39)11-20-6-7-20/h8-9,12-14,16-18,20-21,30H,4-7,10-11,15,19H2,1-3H3,(H,38,39)/t21-,30-/m1/s1. The molecule has 5 rings (SSSR count). The summed E-state index contributed by atoms with van der Waals surface area (Å²) in [5.74, 6) is -1.53. The maximum atomic E-state index is 15.6. The third-order valence-corrected chi connectivity index (χ3v) is 8.81. The van der Waals surface area contributed by atoms with E-state index in [1.807, 2.05) is 0 Å². The van der Waals surface area contributed by atoms with E-state index in [0.29, 0.717) is 34.8 Å². The summed E-state index contributed by atoms with van der Waals surface area (Å²) in [4.78, 5) is 11.5. The van der Waals surface area contributed by atoms with Gasteiger partial charge >= 0.3 is 5.97 Å². The van der Waals surface area contributed by atoms with Crippen LogP contribution in [-0.2, 0) is 11.4 Å². The third-order valence-electron chi connectivity index (χ3n) is 8.81. The topological polar surface area (TPSA) is 55.8 Å². The highest BCUT2D eigenvalue weighted by molar-refractivity contribution is 5.71. The molecule has 2 saturated carbocycles. The summed E-state index contributed by atoms with van der Waals surface area (Å²) >= 11 is 0. The predicted octanol–water partition coefficient (Wildman–Crippen LogP) is 9.01. The van der Waals surface area contributed by atoms with Crippen LogP contribution in [0.25, 0.3) is 11.1 Å². The molecule has 1 N–H and O–H groups in total. The van der Waals surface area contributed by atoms with Crippen LogP contribution in [0.4, 0.5) is 13.2 Å². The minimum atomic E-state index is -0.931. The normalized spacial score (nSPS) is 18.7. The van der Waals surface area contributed by atoms with Crippen molar-refractivity contribution in [1.29, 1.82) is 0 Å². The lowest BCUT2D eigenvalue weighted by atomic mass is 9.75. The highest BCUT2D eigenvalue weighted by atomic mass is 19.1. The van der Waals surface area contributed by atoms with E-state index in [9.17, 15) is 14.3 Å². The van der Waals surface area contributed by atoms with Gasteiger partial charge in [0.2, 0.25) is 0 Å². The summed E-state index contributed by atoms with van der Waals surface area (Å²) in [7, 11) is 1.51. The Morgan fingerprint density at radius 1 is 0.976 bits per heavy atom. The maximum Gasteiger partial charge on any atom is 0.303 e. The average Bonchev–Trinajstić information content (AvgIpc) is 3.67. The van der Waals surface area contributed by atoms with Gasteiger partial charge in [0, 0.05) is 17.2 Å². The summed E-state index contributed by atoms with van der Waals surface area (Å²) in [6.45, 7) is 4.21. The van der Waals surface area contributed by atoms with Crippen molar-refractivity contribution in [1.82, 2.24) is 0 Å². The van der Waals surface area contributed by atoms with E-state index in [4.69, 9.17) is 9.47 Å². The Hall–Kier alpha value is -3.48. The zero-order valence-corrected chi connectivity index (χ0v) is 23.8. The summed E-state index contributed by atoms with van der Waals surface area (Å²) in [5, 5.41) is 9.41. The lowest BCUT2D eigenvalue weighted by Gasteiger charge is -2.30. The van der Waals surface area contributed by atoms with Gasteiger partial charge in [-0.15, -0.1) is 0 Å². The summed E-state index contributed by atoms with van der Waals surface area (Å²) in [6, 6.07) is 11.9. The second-order valence-electron chi connectivity index (χ2n) is 12.3. The molecule has 41 heavy (non-hydrogen) atoms. The molecule has 2 aliphatic rings. The molecule has 0 aromatic heterocycles. The Labute approximate surface area is 239 Å². The van der Waals surface area contributed by atoms with Crippen molar-refractivity contribution in [3.05, 3.63) is 82.7 Å². The first-order valence-electron chi connectivity index (χ1n) is 14.4. The van der Waals surface area contributed by atoms with Crippen LogP contribution in [0.3, 0.4) is 0 Å². The number of carboxylic acid groups (broad SMARTS) is 1. The molecule has 2 atom stereocenters. The first-order valence-corrected chi connectivity index (χ1v) is 14.4. The van der Waals surface area contributed by atoms with Gasteiger partial charge in [-0.3, -0.25) is 4.79 Å². The molecule has 2 aliphatic carbocycles. The number of hydrogen-bond acceptors (Lipinski definition) is 3. The number of ether oxygens (including phenoxy) is 2. The zero-order valence-electron chi connectivity index (χ0n) is 23.8. The van der Waals surface area contributed by atoms with Gasteiger partial charge in [-0.1, -0.05) is 33.1 Å². The highest BCUT2D eigenvalue weighted by Gasteiger charge is 2.37. The number of halogens is 3. The molecule has 0 radical (unpaired) electrons. The fourth-order valence-electron chi connectivity index (χ4n) is 6.38. The smallest absolute Gasteiger partial charge is 0.303 e. The molecular weight excluding hydrogens is 529 g/mol. The van der Waals surface area contributed by atoms with E-state index in [1.54, 1.807) is 18.2 Å². The fourth-order valence-corrected chi connectivity index (χ4v) is 6.38. The Kier molecular flexibility index (Phi) is 8.35. The average molecular weight is 567 g/mol. The van der Waals surface area contributed by atoms with E-state index >= 15 is 8.78 Å². The van der Waals surface area contributed by atoms with Crippen molar-refractivity contribution in [2.24, 2.45) is 11.3 Å². The summed E-state index contributed by atoms with van der Waals surface area (Å²) < 4.78 is 56.6. The van der Waals surface area contributed by atoms with E-state index < -0.39 is 23.4 Å². The van der Waals surface area contributed by atoms with E-state index in [1.165, 1.54) is 37.4 Å². The molecule has 3 aromatic rings. The summed E-state index contributed by atoms with van der Waals surface area (Å²) in [5.41, 5.74) is 2.44. The lowest BCUT2D eigenvalue weighted by Crippen LogP contribution is -2.17. The van der Waals surface area contributed by atoms with Gasteiger partial charge < -0.3 is 14.6 Å². The number of hydrogen-bond donors (Lipinski definition) is 1. The summed E-state index contributed by atoms with van der Waals surface area (Å²) in [6.07, 6.45) is 5.64. The van der Waals surface area contributed by atoms with Gasteiger partial charge in [-0.2, -0.15) is 0 Å². The third kappa shape index (κ3) is 6.71. The van der Waals surface area contributed by atoms with Crippen LogP contribution >= 0.6 is 0 Å². The van der Waals surface area contributed by atoms with Crippen molar-refractivity contribution in [2.45, 2.75) is 77.2 Å². The lowest BCUT2D eigenvalue weighted by molar-refractivity contribution is -0.137. The molecule has 0 amide bonds. The fraction of sp³-hybridized carbons (Fsp3) is 0.441. The Morgan fingerprint density at radius 2 is 1.76 bits per heavy atom. The second-order valence-corrected chi connectivity index (χ2v) is 12.3. The molecule has 0 heterocycles. The number of carboxylic acids is 1. The van der Waals surface area contributed by atoms with Crippen molar-refractivity contribution < 1.29 is 32.5 Å². The molecule has 7 heteroatoms. The number of carbonyl (C=O) groups is 1. The van der Waals surface area contributed by atoms with Gasteiger partial charge in [0.05, 0.1) is 13.5 Å². The SMILES string of the molecule is COc1ccc(F)c(-c2cc(F)c(COc3cc(F)cc([C@@H](CC(=O)O)CC4CC4)c3)cc2[C@H]2CCCC2(C)C)c1. The van der Waals surface area contributed by atoms with Crippen LogP contribution < -0.4 is 9.47 Å². The maximum absolute atomic E-state index is 15.6. The first kappa shape index (κ1) is 29.0. The molecular formula is C34H37F3O4. The molecule has 0 bridgehead atoms. The Morgan fingerprint density at radius 3 is 2.41 bits per heavy atom. The molecule has 0 saturated heterocycles. The van der Waals surface area contributed by atoms with E-state index in [2.05, 4.69) is 13.8 Å². The number of benzene rings is 3. The molecule has 4 nitrogen and oxygen atoms in total. The Bertz CT molecular complexity index is 1430. The van der Waals surface area contributed by atoms with Gasteiger partial charge in [0.15, 0.2) is 0 Å². The van der Waals surface area contributed by atoms with Crippen molar-refractivity contribution in [2.75, 3.05) is 7.11 Å². The van der Waals surface area contributed by atoms with Crippen LogP contribution in [0.5, 0.6) is 11.5 Å². The van der Waals surface area contributed by atoms with Crippen LogP contribution in [0.1, 0.15) is 87.3 Å². The minimum absolute atomic E-state index is 0.0573. The predicted molar refractivity (Wildman–Crippen MR) is 152 cm³/mol. The number of aliphatic carboxylic acids is 1. The van der Waals surface area contributed by atoms with Crippen LogP contribution in [-0.4, -0.2) is 18.2 Å². The monoisotopic (exact) mass is 566 g/mol. The largest absolute Gasteiger partial charge is 0.497 e.